The van der Waals surface area contributed by atoms with Crippen LogP contribution in [0.2, 0.25) is 0 Å². The number of rotatable bonds is 4. The lowest BCUT2D eigenvalue weighted by Gasteiger charge is -2.18. The summed E-state index contributed by atoms with van der Waals surface area (Å²) >= 11 is 0. The van der Waals surface area contributed by atoms with Gasteiger partial charge in [-0.05, 0) is 30.4 Å². The molecule has 0 amide bonds. The van der Waals surface area contributed by atoms with Crippen molar-refractivity contribution in [2.24, 2.45) is 0 Å². The maximum absolute atomic E-state index is 13.2. The van der Waals surface area contributed by atoms with Crippen LogP contribution in [0.3, 0.4) is 0 Å². The van der Waals surface area contributed by atoms with Crippen LogP contribution in [-0.4, -0.2) is 22.8 Å². The monoisotopic (exact) mass is 381 g/mol. The number of aromatic hydroxyl groups is 1. The average molecular weight is 381 g/mol. The molecule has 144 valence electrons. The van der Waals surface area contributed by atoms with Gasteiger partial charge in [-0.2, -0.15) is 0 Å². The van der Waals surface area contributed by atoms with Crippen molar-refractivity contribution in [2.45, 2.75) is 32.2 Å². The van der Waals surface area contributed by atoms with Gasteiger partial charge < -0.3 is 18.8 Å². The zero-order valence-electron chi connectivity index (χ0n) is 15.5. The van der Waals surface area contributed by atoms with E-state index in [0.29, 0.717) is 6.54 Å². The van der Waals surface area contributed by atoms with Crippen molar-refractivity contribution in [3.8, 4) is 5.75 Å². The quantitative estimate of drug-likeness (QED) is 0.696. The number of carbonyl (C=O) groups is 1. The van der Waals surface area contributed by atoms with Crippen LogP contribution >= 0.6 is 0 Å². The maximum atomic E-state index is 13.2. The lowest BCUT2D eigenvalue weighted by atomic mass is 9.92. The molecule has 0 bridgehead atoms. The van der Waals surface area contributed by atoms with Crippen LogP contribution in [0.1, 0.15) is 35.0 Å². The first-order chi connectivity index (χ1) is 13.4. The van der Waals surface area contributed by atoms with Gasteiger partial charge in [0, 0.05) is 18.2 Å². The molecule has 1 N–H and O–H groups in total. The lowest BCUT2D eigenvalue weighted by molar-refractivity contribution is -0.140. The number of ether oxygens (including phenoxy) is 1. The van der Waals surface area contributed by atoms with E-state index in [9.17, 15) is 19.5 Å². The number of nitrogens with zero attached hydrogens (tertiary/aromatic N) is 1. The highest BCUT2D eigenvalue weighted by atomic mass is 16.5. The lowest BCUT2D eigenvalue weighted by Crippen LogP contribution is -2.26. The van der Waals surface area contributed by atoms with Crippen molar-refractivity contribution < 1.29 is 19.1 Å². The average Bonchev–Trinajstić information content (AvgIpc) is 3.11. The molecular weight excluding hydrogens is 362 g/mol. The van der Waals surface area contributed by atoms with Crippen molar-refractivity contribution in [1.82, 2.24) is 4.57 Å². The fourth-order valence-corrected chi connectivity index (χ4v) is 3.90. The van der Waals surface area contributed by atoms with E-state index in [-0.39, 0.29) is 29.1 Å². The molecule has 3 heterocycles. The molecule has 1 atom stereocenters. The van der Waals surface area contributed by atoms with Gasteiger partial charge in [0.1, 0.15) is 5.76 Å². The van der Waals surface area contributed by atoms with Gasteiger partial charge in [0.25, 0.3) is 5.56 Å². The fraction of sp³-hybridized carbons (Fsp3) is 0.286. The highest BCUT2D eigenvalue weighted by molar-refractivity contribution is 5.84. The second kappa shape index (κ2) is 6.67. The minimum Gasteiger partial charge on any atom is -0.502 e. The topological polar surface area (TPSA) is 98.7 Å². The van der Waals surface area contributed by atoms with Gasteiger partial charge in [-0.3, -0.25) is 14.4 Å². The third-order valence-corrected chi connectivity index (χ3v) is 5.19. The molecule has 1 aliphatic rings. The maximum Gasteiger partial charge on any atom is 0.306 e. The Morgan fingerprint density at radius 1 is 1.32 bits per heavy atom. The molecule has 0 radical (unpaired) electrons. The molecule has 0 unspecified atom stereocenters. The van der Waals surface area contributed by atoms with Gasteiger partial charge in [0.05, 0.1) is 25.0 Å². The Hall–Kier alpha value is -3.35. The number of aromatic nitrogens is 1. The Labute approximate surface area is 159 Å². The molecule has 0 saturated heterocycles. The molecule has 2 aromatic heterocycles. The van der Waals surface area contributed by atoms with Crippen LogP contribution in [0.5, 0.6) is 5.75 Å². The number of hydrogen-bond acceptors (Lipinski definition) is 6. The molecule has 0 spiro atoms. The Kier molecular flexibility index (Phi) is 4.30. The summed E-state index contributed by atoms with van der Waals surface area (Å²) in [6, 6.07) is 8.67. The van der Waals surface area contributed by atoms with Crippen LogP contribution in [0.15, 0.2) is 44.3 Å². The Balaban J connectivity index is 2.00. The third-order valence-electron chi connectivity index (χ3n) is 5.19. The minimum atomic E-state index is -0.940. The molecule has 7 nitrogen and oxygen atoms in total. The van der Waals surface area contributed by atoms with E-state index >= 15 is 0 Å². The normalized spacial score (nSPS) is 13.6. The number of methoxy groups -OCH3 is 1. The smallest absolute Gasteiger partial charge is 0.306 e. The highest BCUT2D eigenvalue weighted by Gasteiger charge is 2.30. The van der Waals surface area contributed by atoms with Crippen LogP contribution < -0.4 is 11.0 Å². The SMILES string of the molecule is COC(=O)C[C@@H](c1oc(C)cc(=O)c1O)c1cc2cccc3c2n(c1=O)CC3. The van der Waals surface area contributed by atoms with E-state index in [0.717, 1.165) is 29.0 Å². The number of benzene rings is 1. The summed E-state index contributed by atoms with van der Waals surface area (Å²) in [6.07, 6.45) is 0.513. The van der Waals surface area contributed by atoms with Crippen molar-refractivity contribution in [3.63, 3.8) is 0 Å². The molecule has 0 aliphatic carbocycles. The van der Waals surface area contributed by atoms with Crippen molar-refractivity contribution in [1.29, 1.82) is 0 Å². The number of esters is 1. The van der Waals surface area contributed by atoms with Gasteiger partial charge in [-0.1, -0.05) is 18.2 Å². The summed E-state index contributed by atoms with van der Waals surface area (Å²) in [7, 11) is 1.24. The second-order valence-electron chi connectivity index (χ2n) is 6.93. The van der Waals surface area contributed by atoms with Crippen LogP contribution in [0.25, 0.3) is 10.9 Å². The van der Waals surface area contributed by atoms with Gasteiger partial charge in [0.15, 0.2) is 5.76 Å². The van der Waals surface area contributed by atoms with Crippen LogP contribution in [0.4, 0.5) is 0 Å². The summed E-state index contributed by atoms with van der Waals surface area (Å²) in [5.74, 6) is -1.95. The van der Waals surface area contributed by atoms with Gasteiger partial charge in [-0.25, -0.2) is 0 Å². The van der Waals surface area contributed by atoms with Crippen molar-refractivity contribution in [3.05, 3.63) is 73.6 Å². The summed E-state index contributed by atoms with van der Waals surface area (Å²) < 4.78 is 12.0. The molecule has 3 aromatic rings. The molecular formula is C21H19NO6. The van der Waals surface area contributed by atoms with E-state index in [1.807, 2.05) is 18.2 Å². The summed E-state index contributed by atoms with van der Waals surface area (Å²) in [5, 5.41) is 11.2. The largest absolute Gasteiger partial charge is 0.502 e. The Bertz CT molecular complexity index is 1220. The number of hydrogen-bond donors (Lipinski definition) is 1. The summed E-state index contributed by atoms with van der Waals surface area (Å²) in [4.78, 5) is 37.4. The zero-order valence-corrected chi connectivity index (χ0v) is 15.5. The van der Waals surface area contributed by atoms with Gasteiger partial charge in [0.2, 0.25) is 11.2 Å². The first kappa shape index (κ1) is 18.0. The summed E-state index contributed by atoms with van der Waals surface area (Å²) in [5.41, 5.74) is 1.36. The number of carbonyl (C=O) groups excluding carboxylic acids is 1. The van der Waals surface area contributed by atoms with E-state index in [1.165, 1.54) is 7.11 Å². The van der Waals surface area contributed by atoms with Crippen LogP contribution in [0, 0.1) is 6.92 Å². The number of para-hydroxylation sites is 1. The molecule has 0 fully saturated rings. The number of pyridine rings is 1. The second-order valence-corrected chi connectivity index (χ2v) is 6.93. The van der Waals surface area contributed by atoms with E-state index < -0.39 is 23.1 Å². The molecule has 0 saturated carbocycles. The van der Waals surface area contributed by atoms with Crippen LogP contribution in [-0.2, 0) is 22.5 Å². The molecule has 4 rings (SSSR count). The predicted octanol–water partition coefficient (Wildman–Crippen LogP) is 2.22. The zero-order chi connectivity index (χ0) is 20.0. The fourth-order valence-electron chi connectivity index (χ4n) is 3.90. The molecule has 7 heteroatoms. The Morgan fingerprint density at radius 3 is 2.86 bits per heavy atom. The van der Waals surface area contributed by atoms with E-state index in [4.69, 9.17) is 9.15 Å². The van der Waals surface area contributed by atoms with Gasteiger partial charge >= 0.3 is 5.97 Å². The van der Waals surface area contributed by atoms with Gasteiger partial charge in [-0.15, -0.1) is 0 Å². The Morgan fingerprint density at radius 2 is 2.11 bits per heavy atom. The van der Waals surface area contributed by atoms with Crippen molar-refractivity contribution in [2.75, 3.05) is 7.11 Å². The highest BCUT2D eigenvalue weighted by Crippen LogP contribution is 2.34. The first-order valence-corrected chi connectivity index (χ1v) is 8.96. The van der Waals surface area contributed by atoms with E-state index in [1.54, 1.807) is 17.6 Å². The predicted molar refractivity (Wildman–Crippen MR) is 102 cm³/mol. The molecule has 1 aliphatic heterocycles. The van der Waals surface area contributed by atoms with E-state index in [2.05, 4.69) is 0 Å². The summed E-state index contributed by atoms with van der Waals surface area (Å²) in [6.45, 7) is 2.11. The standard InChI is InChI=1S/C21H19NO6/c1-11-8-16(23)19(25)20(28-11)14(10-17(24)27-2)15-9-13-5-3-4-12-6-7-22(18(12)13)21(15)26/h3-5,8-9,14,25H,6-7,10H2,1-2H3/t14-/m1/s1. The molecule has 1 aromatic carbocycles. The minimum absolute atomic E-state index is 0.103. The number of aryl methyl sites for hydroxylation is 3. The van der Waals surface area contributed by atoms with Crippen molar-refractivity contribution >= 4 is 16.9 Å². The first-order valence-electron chi connectivity index (χ1n) is 8.96. The molecule has 28 heavy (non-hydrogen) atoms. The third kappa shape index (κ3) is 2.79.